The minimum absolute atomic E-state index is 0.0813. The molecule has 1 N–H and O–H groups in total. The Balaban J connectivity index is 1.33. The molecule has 0 aromatic heterocycles. The number of carbonyl (C=O) groups excluding carboxylic acids is 3. The van der Waals surface area contributed by atoms with Crippen LogP contribution in [0.2, 0.25) is 0 Å². The van der Waals surface area contributed by atoms with Crippen molar-refractivity contribution in [1.82, 2.24) is 4.90 Å². The van der Waals surface area contributed by atoms with E-state index in [9.17, 15) is 14.4 Å². The van der Waals surface area contributed by atoms with Gasteiger partial charge in [0.15, 0.2) is 17.3 Å². The molecule has 1 aromatic carbocycles. The Bertz CT molecular complexity index is 825. The van der Waals surface area contributed by atoms with E-state index in [1.54, 1.807) is 12.1 Å². The normalized spacial score (nSPS) is 21.4. The number of amides is 2. The lowest BCUT2D eigenvalue weighted by Gasteiger charge is -2.33. The molecule has 2 saturated heterocycles. The number of Topliss-reactive ketones (excluding diaryl/α,β-unsaturated/α-hetero) is 1. The monoisotopic (exact) mass is 416 g/mol. The number of rotatable bonds is 5. The molecule has 4 rings (SSSR count). The van der Waals surface area contributed by atoms with Crippen LogP contribution in [0, 0.1) is 5.92 Å². The van der Waals surface area contributed by atoms with Gasteiger partial charge in [-0.15, -0.1) is 0 Å². The number of anilines is 1. The van der Waals surface area contributed by atoms with Gasteiger partial charge in [0.05, 0.1) is 5.69 Å². The van der Waals surface area contributed by atoms with Crippen LogP contribution in [0.4, 0.5) is 5.69 Å². The number of hydrogen-bond acceptors (Lipinski definition) is 6. The molecule has 1 aromatic rings. The molecular weight excluding hydrogens is 388 g/mol. The van der Waals surface area contributed by atoms with Crippen LogP contribution in [-0.4, -0.2) is 61.5 Å². The largest absolute Gasteiger partial charge is 0.486 e. The van der Waals surface area contributed by atoms with Gasteiger partial charge in [0.2, 0.25) is 5.91 Å². The maximum absolute atomic E-state index is 12.7. The number of piperidine rings is 1. The van der Waals surface area contributed by atoms with Crippen LogP contribution in [0.3, 0.4) is 0 Å². The zero-order valence-electron chi connectivity index (χ0n) is 17.3. The highest BCUT2D eigenvalue weighted by atomic mass is 16.6. The summed E-state index contributed by atoms with van der Waals surface area (Å²) in [7, 11) is 0. The SMILES string of the molecule is CC(=O)c1cc2c(cc1NC(=O)CC1CCN(C(=O)[C@@H]3CCCO3)CC1)OCCO2. The van der Waals surface area contributed by atoms with E-state index in [2.05, 4.69) is 5.32 Å². The molecule has 0 unspecified atom stereocenters. The number of likely N-dealkylation sites (tertiary alicyclic amines) is 1. The third kappa shape index (κ3) is 4.59. The molecule has 3 heterocycles. The molecule has 162 valence electrons. The van der Waals surface area contributed by atoms with E-state index in [0.717, 1.165) is 25.7 Å². The van der Waals surface area contributed by atoms with Gasteiger partial charge in [-0.25, -0.2) is 0 Å². The first-order chi connectivity index (χ1) is 14.5. The summed E-state index contributed by atoms with van der Waals surface area (Å²) in [5.74, 6) is 1.05. The van der Waals surface area contributed by atoms with E-state index in [-0.39, 0.29) is 29.6 Å². The van der Waals surface area contributed by atoms with Crippen molar-refractivity contribution in [3.05, 3.63) is 17.7 Å². The van der Waals surface area contributed by atoms with Crippen molar-refractivity contribution >= 4 is 23.3 Å². The molecule has 30 heavy (non-hydrogen) atoms. The second-order valence-electron chi connectivity index (χ2n) is 8.12. The van der Waals surface area contributed by atoms with Gasteiger partial charge in [-0.3, -0.25) is 14.4 Å². The first-order valence-electron chi connectivity index (χ1n) is 10.7. The minimum Gasteiger partial charge on any atom is -0.486 e. The standard InChI is InChI=1S/C22H28N2O6/c1-14(25)16-12-19-20(30-10-9-29-19)13-17(16)23-21(26)11-15-4-6-24(7-5-15)22(27)18-3-2-8-28-18/h12-13,15,18H,2-11H2,1H3,(H,23,26)/t18-/m0/s1. The Hall–Kier alpha value is -2.61. The van der Waals surface area contributed by atoms with Crippen LogP contribution in [0.5, 0.6) is 11.5 Å². The number of nitrogens with one attached hydrogen (secondary N) is 1. The number of benzene rings is 1. The zero-order valence-corrected chi connectivity index (χ0v) is 17.3. The number of carbonyl (C=O) groups is 3. The second-order valence-corrected chi connectivity index (χ2v) is 8.12. The van der Waals surface area contributed by atoms with Crippen LogP contribution in [0.25, 0.3) is 0 Å². The first-order valence-corrected chi connectivity index (χ1v) is 10.7. The summed E-state index contributed by atoms with van der Waals surface area (Å²) in [5.41, 5.74) is 0.854. The number of nitrogens with zero attached hydrogens (tertiary/aromatic N) is 1. The minimum atomic E-state index is -0.287. The molecular formula is C22H28N2O6. The summed E-state index contributed by atoms with van der Waals surface area (Å²) >= 11 is 0. The first kappa shape index (κ1) is 20.7. The third-order valence-corrected chi connectivity index (χ3v) is 5.94. The van der Waals surface area contributed by atoms with Gasteiger partial charge in [-0.2, -0.15) is 0 Å². The fourth-order valence-corrected chi connectivity index (χ4v) is 4.28. The lowest BCUT2D eigenvalue weighted by molar-refractivity contribution is -0.142. The molecule has 3 aliphatic heterocycles. The number of ketones is 1. The second kappa shape index (κ2) is 9.04. The van der Waals surface area contributed by atoms with Gasteiger partial charge in [0.1, 0.15) is 19.3 Å². The Morgan fingerprint density at radius 1 is 1.03 bits per heavy atom. The fraction of sp³-hybridized carbons (Fsp3) is 0.591. The van der Waals surface area contributed by atoms with E-state index >= 15 is 0 Å². The highest BCUT2D eigenvalue weighted by Gasteiger charge is 2.31. The van der Waals surface area contributed by atoms with Gasteiger partial charge >= 0.3 is 0 Å². The van der Waals surface area contributed by atoms with Gasteiger partial charge in [0, 0.05) is 37.7 Å². The lowest BCUT2D eigenvalue weighted by Crippen LogP contribution is -2.44. The molecule has 0 saturated carbocycles. The van der Waals surface area contributed by atoms with Crippen molar-refractivity contribution in [3.63, 3.8) is 0 Å². The maximum atomic E-state index is 12.7. The highest BCUT2D eigenvalue weighted by Crippen LogP contribution is 2.36. The van der Waals surface area contributed by atoms with Crippen LogP contribution in [-0.2, 0) is 14.3 Å². The van der Waals surface area contributed by atoms with Gasteiger partial charge < -0.3 is 24.4 Å². The molecule has 8 nitrogen and oxygen atoms in total. The predicted molar refractivity (Wildman–Crippen MR) is 109 cm³/mol. The van der Waals surface area contributed by atoms with Crippen molar-refractivity contribution in [3.8, 4) is 11.5 Å². The average molecular weight is 416 g/mol. The molecule has 1 atom stereocenters. The van der Waals surface area contributed by atoms with Crippen molar-refractivity contribution in [2.45, 2.75) is 45.1 Å². The Labute approximate surface area is 175 Å². The van der Waals surface area contributed by atoms with E-state index in [4.69, 9.17) is 14.2 Å². The third-order valence-electron chi connectivity index (χ3n) is 5.94. The van der Waals surface area contributed by atoms with E-state index in [0.29, 0.717) is 62.1 Å². The quantitative estimate of drug-likeness (QED) is 0.741. The molecule has 8 heteroatoms. The summed E-state index contributed by atoms with van der Waals surface area (Å²) in [6.45, 7) is 4.29. The molecule has 2 amide bonds. The molecule has 0 bridgehead atoms. The smallest absolute Gasteiger partial charge is 0.251 e. The Morgan fingerprint density at radius 3 is 2.37 bits per heavy atom. The van der Waals surface area contributed by atoms with E-state index in [1.807, 2.05) is 4.90 Å². The van der Waals surface area contributed by atoms with Crippen molar-refractivity contribution in [2.24, 2.45) is 5.92 Å². The molecule has 0 spiro atoms. The van der Waals surface area contributed by atoms with Crippen LogP contribution in [0.1, 0.15) is 49.4 Å². The fourth-order valence-electron chi connectivity index (χ4n) is 4.28. The summed E-state index contributed by atoms with van der Waals surface area (Å²) < 4.78 is 16.6. The molecule has 0 radical (unpaired) electrons. The molecule has 2 fully saturated rings. The van der Waals surface area contributed by atoms with Gasteiger partial charge in [0.25, 0.3) is 5.91 Å². The van der Waals surface area contributed by atoms with Crippen molar-refractivity contribution < 1.29 is 28.6 Å². The van der Waals surface area contributed by atoms with Gasteiger partial charge in [-0.1, -0.05) is 0 Å². The number of fused-ring (bicyclic) bond motifs is 1. The molecule has 0 aliphatic carbocycles. The summed E-state index contributed by atoms with van der Waals surface area (Å²) in [4.78, 5) is 39.0. The Kier molecular flexibility index (Phi) is 6.22. The van der Waals surface area contributed by atoms with Crippen molar-refractivity contribution in [1.29, 1.82) is 0 Å². The van der Waals surface area contributed by atoms with Crippen LogP contribution >= 0.6 is 0 Å². The zero-order chi connectivity index (χ0) is 21.1. The van der Waals surface area contributed by atoms with Crippen LogP contribution in [0.15, 0.2) is 12.1 Å². The van der Waals surface area contributed by atoms with E-state index in [1.165, 1.54) is 6.92 Å². The van der Waals surface area contributed by atoms with Crippen LogP contribution < -0.4 is 14.8 Å². The van der Waals surface area contributed by atoms with Gasteiger partial charge in [-0.05, 0) is 44.6 Å². The topological polar surface area (TPSA) is 94.2 Å². The predicted octanol–water partition coefficient (Wildman–Crippen LogP) is 2.41. The van der Waals surface area contributed by atoms with E-state index < -0.39 is 0 Å². The molecule has 3 aliphatic rings. The average Bonchev–Trinajstić information content (AvgIpc) is 3.28. The maximum Gasteiger partial charge on any atom is 0.251 e. The Morgan fingerprint density at radius 2 is 1.73 bits per heavy atom. The lowest BCUT2D eigenvalue weighted by atomic mass is 9.92. The summed E-state index contributed by atoms with van der Waals surface area (Å²) in [6, 6.07) is 3.29. The number of ether oxygens (including phenoxy) is 3. The highest BCUT2D eigenvalue weighted by molar-refractivity contribution is 6.04. The van der Waals surface area contributed by atoms with Crippen molar-refractivity contribution in [2.75, 3.05) is 38.2 Å². The summed E-state index contributed by atoms with van der Waals surface area (Å²) in [6.07, 6.45) is 3.38. The summed E-state index contributed by atoms with van der Waals surface area (Å²) in [5, 5.41) is 2.87. The number of hydrogen-bond donors (Lipinski definition) is 1.